The van der Waals surface area contributed by atoms with Gasteiger partial charge in [-0.1, -0.05) is 0 Å². The number of hydrogen-bond acceptors (Lipinski definition) is 2. The molecule has 0 aromatic carbocycles. The fourth-order valence-electron chi connectivity index (χ4n) is 0.590. The summed E-state index contributed by atoms with van der Waals surface area (Å²) in [5.41, 5.74) is 1.87. The van der Waals surface area contributed by atoms with Crippen molar-refractivity contribution in [2.45, 2.75) is 20.8 Å². The van der Waals surface area contributed by atoms with E-state index in [4.69, 9.17) is 0 Å². The van der Waals surface area contributed by atoms with Crippen molar-refractivity contribution in [2.24, 2.45) is 0 Å². The number of carbonyl (C=O) groups is 1. The third kappa shape index (κ3) is 2.21. The Morgan fingerprint density at radius 1 is 1.10 bits per heavy atom. The third-order valence-electron chi connectivity index (χ3n) is 1.74. The normalized spacial score (nSPS) is 12.5. The lowest BCUT2D eigenvalue weighted by Crippen LogP contribution is -2.12. The van der Waals surface area contributed by atoms with Crippen LogP contribution in [0.4, 0.5) is 0 Å². The van der Waals surface area contributed by atoms with E-state index in [0.717, 1.165) is 11.3 Å². The summed E-state index contributed by atoms with van der Waals surface area (Å²) in [4.78, 5) is 12.7. The average molecular weight is 141 g/mol. The second-order valence-corrected chi connectivity index (χ2v) is 2.66. The average Bonchev–Trinajstić information content (AvgIpc) is 1.84. The topological polar surface area (TPSA) is 20.3 Å². The molecule has 0 aromatic rings. The second-order valence-electron chi connectivity index (χ2n) is 2.66. The van der Waals surface area contributed by atoms with E-state index < -0.39 is 0 Å². The predicted octanol–water partition coefficient (Wildman–Crippen LogP) is 1.43. The molecule has 0 N–H and O–H groups in total. The van der Waals surface area contributed by atoms with Gasteiger partial charge in [0.15, 0.2) is 5.78 Å². The molecule has 0 atom stereocenters. The van der Waals surface area contributed by atoms with Crippen LogP contribution in [0.5, 0.6) is 0 Å². The van der Waals surface area contributed by atoms with Crippen molar-refractivity contribution >= 4 is 5.78 Å². The number of ketones is 1. The molecule has 0 aliphatic carbocycles. The number of rotatable bonds is 2. The number of hydrogen-bond donors (Lipinski definition) is 0. The Morgan fingerprint density at radius 3 is 1.60 bits per heavy atom. The smallest absolute Gasteiger partial charge is 0.157 e. The molecule has 0 spiro atoms. The highest BCUT2D eigenvalue weighted by atomic mass is 16.1. The predicted molar refractivity (Wildman–Crippen MR) is 42.7 cm³/mol. The molecule has 0 saturated heterocycles. The monoisotopic (exact) mass is 141 g/mol. The number of allylic oxidation sites excluding steroid dienone is 2. The highest BCUT2D eigenvalue weighted by Crippen LogP contribution is 2.05. The summed E-state index contributed by atoms with van der Waals surface area (Å²) in [6.07, 6.45) is 0. The van der Waals surface area contributed by atoms with Crippen LogP contribution in [0.15, 0.2) is 11.3 Å². The Bertz CT molecular complexity index is 168. The van der Waals surface area contributed by atoms with Gasteiger partial charge >= 0.3 is 0 Å². The van der Waals surface area contributed by atoms with Gasteiger partial charge in [-0.15, -0.1) is 0 Å². The van der Waals surface area contributed by atoms with Crippen LogP contribution >= 0.6 is 0 Å². The van der Waals surface area contributed by atoms with Crippen LogP contribution in [-0.2, 0) is 4.79 Å². The van der Waals surface area contributed by atoms with Gasteiger partial charge < -0.3 is 4.90 Å². The van der Waals surface area contributed by atoms with Gasteiger partial charge in [-0.05, 0) is 20.8 Å². The van der Waals surface area contributed by atoms with Gasteiger partial charge in [0, 0.05) is 25.4 Å². The van der Waals surface area contributed by atoms with Crippen LogP contribution in [0, 0.1) is 0 Å². The van der Waals surface area contributed by atoms with Crippen molar-refractivity contribution in [2.75, 3.05) is 14.1 Å². The highest BCUT2D eigenvalue weighted by Gasteiger charge is 2.02. The Hall–Kier alpha value is -0.790. The molecule has 0 saturated carbocycles. The number of carbonyl (C=O) groups excluding carboxylic acids is 1. The molecular weight excluding hydrogens is 126 g/mol. The lowest BCUT2D eigenvalue weighted by atomic mass is 10.2. The van der Waals surface area contributed by atoms with Gasteiger partial charge in [0.2, 0.25) is 0 Å². The highest BCUT2D eigenvalue weighted by molar-refractivity contribution is 5.93. The van der Waals surface area contributed by atoms with Crippen LogP contribution in [0.2, 0.25) is 0 Å². The first-order valence-corrected chi connectivity index (χ1v) is 3.32. The molecule has 10 heavy (non-hydrogen) atoms. The summed E-state index contributed by atoms with van der Waals surface area (Å²) in [6, 6.07) is 0. The maximum absolute atomic E-state index is 10.8. The van der Waals surface area contributed by atoms with Gasteiger partial charge in [0.25, 0.3) is 0 Å². The van der Waals surface area contributed by atoms with Crippen LogP contribution < -0.4 is 0 Å². The van der Waals surface area contributed by atoms with Crippen molar-refractivity contribution in [3.63, 3.8) is 0 Å². The van der Waals surface area contributed by atoms with Crippen molar-refractivity contribution in [1.29, 1.82) is 0 Å². The Balaban J connectivity index is 4.50. The summed E-state index contributed by atoms with van der Waals surface area (Å²) in [7, 11) is 3.86. The molecule has 0 aromatic heterocycles. The van der Waals surface area contributed by atoms with E-state index in [1.54, 1.807) is 6.92 Å². The summed E-state index contributed by atoms with van der Waals surface area (Å²) < 4.78 is 0. The lowest BCUT2D eigenvalue weighted by Gasteiger charge is -2.14. The lowest BCUT2D eigenvalue weighted by molar-refractivity contribution is -0.113. The molecule has 0 amide bonds. The summed E-state index contributed by atoms with van der Waals surface area (Å²) in [5.74, 6) is 0.145. The minimum Gasteiger partial charge on any atom is -0.381 e. The van der Waals surface area contributed by atoms with E-state index in [-0.39, 0.29) is 5.78 Å². The van der Waals surface area contributed by atoms with E-state index in [1.807, 2.05) is 32.8 Å². The van der Waals surface area contributed by atoms with E-state index in [0.29, 0.717) is 0 Å². The maximum Gasteiger partial charge on any atom is 0.157 e. The van der Waals surface area contributed by atoms with Crippen LogP contribution in [-0.4, -0.2) is 24.8 Å². The zero-order valence-corrected chi connectivity index (χ0v) is 7.36. The Labute approximate surface area is 62.5 Å². The summed E-state index contributed by atoms with van der Waals surface area (Å²) >= 11 is 0. The molecular formula is C8H15NO. The molecule has 0 aliphatic heterocycles. The van der Waals surface area contributed by atoms with E-state index in [1.165, 1.54) is 0 Å². The quantitative estimate of drug-likeness (QED) is 0.542. The summed E-state index contributed by atoms with van der Waals surface area (Å²) in [6.45, 7) is 5.37. The van der Waals surface area contributed by atoms with E-state index in [9.17, 15) is 4.79 Å². The molecule has 0 fully saturated rings. The zero-order chi connectivity index (χ0) is 8.31. The largest absolute Gasteiger partial charge is 0.381 e. The molecule has 58 valence electrons. The Morgan fingerprint density at radius 2 is 1.50 bits per heavy atom. The van der Waals surface area contributed by atoms with Gasteiger partial charge in [-0.25, -0.2) is 0 Å². The fourth-order valence-corrected chi connectivity index (χ4v) is 0.590. The zero-order valence-electron chi connectivity index (χ0n) is 7.36. The number of nitrogens with zero attached hydrogens (tertiary/aromatic N) is 1. The third-order valence-corrected chi connectivity index (χ3v) is 1.74. The molecule has 0 unspecified atom stereocenters. The first-order valence-electron chi connectivity index (χ1n) is 3.32. The van der Waals surface area contributed by atoms with Crippen molar-refractivity contribution in [3.8, 4) is 0 Å². The maximum atomic E-state index is 10.8. The van der Waals surface area contributed by atoms with Crippen molar-refractivity contribution in [1.82, 2.24) is 4.90 Å². The molecule has 0 heterocycles. The van der Waals surface area contributed by atoms with Crippen molar-refractivity contribution in [3.05, 3.63) is 11.3 Å². The first kappa shape index (κ1) is 9.21. The molecule has 2 heteroatoms. The van der Waals surface area contributed by atoms with E-state index in [2.05, 4.69) is 0 Å². The standard InChI is InChI=1S/C8H15NO/c1-6(8(3)10)7(2)9(4)5/h1-5H3/b7-6-. The summed E-state index contributed by atoms with van der Waals surface area (Å²) in [5, 5.41) is 0. The Kier molecular flexibility index (Phi) is 3.13. The van der Waals surface area contributed by atoms with Gasteiger partial charge in [0.1, 0.15) is 0 Å². The number of Topliss-reactive ketones (excluding diaryl/α,β-unsaturated/α-hetero) is 1. The minimum atomic E-state index is 0.145. The first-order chi connectivity index (χ1) is 4.46. The van der Waals surface area contributed by atoms with Gasteiger partial charge in [-0.3, -0.25) is 4.79 Å². The second kappa shape index (κ2) is 3.40. The van der Waals surface area contributed by atoms with Gasteiger partial charge in [0.05, 0.1) is 0 Å². The van der Waals surface area contributed by atoms with E-state index >= 15 is 0 Å². The van der Waals surface area contributed by atoms with Gasteiger partial charge in [-0.2, -0.15) is 0 Å². The molecule has 0 aliphatic rings. The SMILES string of the molecule is CC(=O)/C(C)=C(/C)N(C)C. The van der Waals surface area contributed by atoms with Crippen LogP contribution in [0.3, 0.4) is 0 Å². The molecule has 2 nitrogen and oxygen atoms in total. The minimum absolute atomic E-state index is 0.145. The van der Waals surface area contributed by atoms with Crippen LogP contribution in [0.1, 0.15) is 20.8 Å². The van der Waals surface area contributed by atoms with Crippen LogP contribution in [0.25, 0.3) is 0 Å². The fraction of sp³-hybridized carbons (Fsp3) is 0.625. The molecule has 0 bridgehead atoms. The molecule has 0 radical (unpaired) electrons. The van der Waals surface area contributed by atoms with Crippen molar-refractivity contribution < 1.29 is 4.79 Å². The molecule has 0 rings (SSSR count).